The zero-order valence-electron chi connectivity index (χ0n) is 19.5. The Morgan fingerprint density at radius 2 is 1.84 bits per heavy atom. The molecule has 0 radical (unpaired) electrons. The predicted octanol–water partition coefficient (Wildman–Crippen LogP) is 4.05. The topological polar surface area (TPSA) is 61.9 Å². The van der Waals surface area contributed by atoms with Gasteiger partial charge in [0.15, 0.2) is 6.04 Å². The number of H-pyrrole nitrogens is 1. The van der Waals surface area contributed by atoms with Crippen molar-refractivity contribution in [2.24, 2.45) is 0 Å². The number of nitrogens with two attached hydrogens (primary N) is 1. The van der Waals surface area contributed by atoms with Crippen LogP contribution in [0.4, 0.5) is 0 Å². The molecular formula is C27H36N3O2+. The van der Waals surface area contributed by atoms with Crippen LogP contribution in [0.3, 0.4) is 0 Å². The van der Waals surface area contributed by atoms with Gasteiger partial charge in [0.2, 0.25) is 0 Å². The number of methoxy groups -OCH3 is 1. The summed E-state index contributed by atoms with van der Waals surface area (Å²) >= 11 is 0. The first-order chi connectivity index (χ1) is 15.6. The van der Waals surface area contributed by atoms with Crippen LogP contribution in [0.1, 0.15) is 56.1 Å². The second-order valence-electron chi connectivity index (χ2n) is 9.12. The number of nitrogens with zero attached hydrogens (tertiary/aromatic N) is 1. The largest absolute Gasteiger partial charge is 0.497 e. The standard InChI is InChI=1S/C27H35N3O2/c1-19(27(31)30(2)21-9-5-4-6-10-21)28-17-24(20-13-15-22(32-3)16-14-20)25-18-29-26-12-8-7-11-23(25)26/h7-8,11-16,18-19,21,24,28-29H,4-6,9-10,17H2,1-3H3/p+1/t19-,24+/m1/s1. The Morgan fingerprint density at radius 1 is 1.12 bits per heavy atom. The summed E-state index contributed by atoms with van der Waals surface area (Å²) in [6, 6.07) is 17.0. The molecule has 1 heterocycles. The number of para-hydroxylation sites is 1. The molecule has 1 fully saturated rings. The van der Waals surface area contributed by atoms with Crippen LogP contribution in [-0.2, 0) is 4.79 Å². The van der Waals surface area contributed by atoms with Crippen LogP contribution >= 0.6 is 0 Å². The number of quaternary nitrogens is 1. The summed E-state index contributed by atoms with van der Waals surface area (Å²) in [5, 5.41) is 3.44. The van der Waals surface area contributed by atoms with Crippen molar-refractivity contribution in [3.8, 4) is 5.75 Å². The zero-order chi connectivity index (χ0) is 22.5. The zero-order valence-corrected chi connectivity index (χ0v) is 19.5. The maximum Gasteiger partial charge on any atom is 0.280 e. The van der Waals surface area contributed by atoms with Crippen LogP contribution in [0.15, 0.2) is 54.7 Å². The lowest BCUT2D eigenvalue weighted by Gasteiger charge is -2.32. The van der Waals surface area contributed by atoms with Gasteiger partial charge >= 0.3 is 0 Å². The van der Waals surface area contributed by atoms with Crippen LogP contribution in [0.2, 0.25) is 0 Å². The molecule has 4 rings (SSSR count). The summed E-state index contributed by atoms with van der Waals surface area (Å²) in [5.41, 5.74) is 3.64. The van der Waals surface area contributed by atoms with E-state index in [0.717, 1.165) is 30.7 Å². The van der Waals surface area contributed by atoms with E-state index in [1.165, 1.54) is 35.8 Å². The molecule has 1 aliphatic carbocycles. The summed E-state index contributed by atoms with van der Waals surface area (Å²) in [6.45, 7) is 2.85. The number of benzene rings is 2. The Hall–Kier alpha value is -2.79. The van der Waals surface area contributed by atoms with Crippen LogP contribution in [0.5, 0.6) is 5.75 Å². The maximum atomic E-state index is 13.1. The lowest BCUT2D eigenvalue weighted by molar-refractivity contribution is -0.675. The highest BCUT2D eigenvalue weighted by Crippen LogP contribution is 2.31. The predicted molar refractivity (Wildman–Crippen MR) is 129 cm³/mol. The quantitative estimate of drug-likeness (QED) is 0.562. The fourth-order valence-electron chi connectivity index (χ4n) is 5.07. The fraction of sp³-hybridized carbons (Fsp3) is 0.444. The first-order valence-electron chi connectivity index (χ1n) is 11.9. The SMILES string of the molecule is COc1ccc([C@H](C[NH2+][C@H](C)C(=O)N(C)C2CCCCC2)c2c[nH]c3ccccc23)cc1. The number of hydrogen-bond acceptors (Lipinski definition) is 2. The molecule has 5 nitrogen and oxygen atoms in total. The molecule has 170 valence electrons. The Kier molecular flexibility index (Phi) is 7.15. The minimum atomic E-state index is -0.104. The van der Waals surface area contributed by atoms with E-state index in [1.807, 2.05) is 31.0 Å². The molecule has 1 amide bonds. The number of ether oxygens (including phenoxy) is 1. The van der Waals surface area contributed by atoms with Gasteiger partial charge < -0.3 is 19.9 Å². The number of aromatic nitrogens is 1. The average molecular weight is 435 g/mol. The molecular weight excluding hydrogens is 398 g/mol. The third kappa shape index (κ3) is 4.83. The number of amides is 1. The summed E-state index contributed by atoms with van der Waals surface area (Å²) < 4.78 is 5.36. The van der Waals surface area contributed by atoms with E-state index in [1.54, 1.807) is 7.11 Å². The maximum absolute atomic E-state index is 13.1. The first kappa shape index (κ1) is 22.4. The van der Waals surface area contributed by atoms with Gasteiger partial charge in [0.1, 0.15) is 5.75 Å². The van der Waals surface area contributed by atoms with E-state index in [2.05, 4.69) is 52.9 Å². The van der Waals surface area contributed by atoms with Crippen molar-refractivity contribution in [3.63, 3.8) is 0 Å². The third-order valence-corrected chi connectivity index (χ3v) is 7.10. The van der Waals surface area contributed by atoms with Gasteiger partial charge in [-0.25, -0.2) is 0 Å². The van der Waals surface area contributed by atoms with Crippen LogP contribution in [0.25, 0.3) is 10.9 Å². The average Bonchev–Trinajstić information content (AvgIpc) is 3.28. The normalized spacial score (nSPS) is 16.6. The second kappa shape index (κ2) is 10.2. The number of likely N-dealkylation sites (N-methyl/N-ethyl adjacent to an activating group) is 1. The van der Waals surface area contributed by atoms with E-state index >= 15 is 0 Å². The Morgan fingerprint density at radius 3 is 2.56 bits per heavy atom. The van der Waals surface area contributed by atoms with E-state index in [0.29, 0.717) is 6.04 Å². The highest BCUT2D eigenvalue weighted by atomic mass is 16.5. The molecule has 2 aromatic carbocycles. The molecule has 1 aromatic heterocycles. The Balaban J connectivity index is 1.53. The molecule has 3 N–H and O–H groups in total. The molecule has 32 heavy (non-hydrogen) atoms. The fourth-order valence-corrected chi connectivity index (χ4v) is 5.07. The van der Waals surface area contributed by atoms with Gasteiger partial charge in [0, 0.05) is 30.2 Å². The van der Waals surface area contributed by atoms with Crippen LogP contribution < -0.4 is 10.1 Å². The molecule has 0 aliphatic heterocycles. The first-order valence-corrected chi connectivity index (χ1v) is 11.9. The Bertz CT molecular complexity index is 1020. The van der Waals surface area contributed by atoms with Crippen molar-refractivity contribution in [2.45, 2.75) is 57.0 Å². The number of aromatic amines is 1. The van der Waals surface area contributed by atoms with E-state index in [4.69, 9.17) is 4.74 Å². The van der Waals surface area contributed by atoms with Gasteiger partial charge in [-0.2, -0.15) is 0 Å². The van der Waals surface area contributed by atoms with Crippen molar-refractivity contribution in [3.05, 3.63) is 65.9 Å². The highest BCUT2D eigenvalue weighted by molar-refractivity contribution is 5.84. The van der Waals surface area contributed by atoms with E-state index in [-0.39, 0.29) is 17.9 Å². The summed E-state index contributed by atoms with van der Waals surface area (Å²) in [5.74, 6) is 1.27. The minimum absolute atomic E-state index is 0.104. The number of rotatable bonds is 8. The molecule has 0 saturated heterocycles. The molecule has 5 heteroatoms. The number of carbonyl (C=O) groups excluding carboxylic acids is 1. The summed E-state index contributed by atoms with van der Waals surface area (Å²) in [4.78, 5) is 18.6. The number of nitrogens with one attached hydrogen (secondary N) is 1. The second-order valence-corrected chi connectivity index (χ2v) is 9.12. The highest BCUT2D eigenvalue weighted by Gasteiger charge is 2.29. The van der Waals surface area contributed by atoms with Gasteiger partial charge in [0.25, 0.3) is 5.91 Å². The smallest absolute Gasteiger partial charge is 0.280 e. The summed E-state index contributed by atoms with van der Waals surface area (Å²) in [6.07, 6.45) is 8.17. The minimum Gasteiger partial charge on any atom is -0.497 e. The van der Waals surface area contributed by atoms with E-state index in [9.17, 15) is 4.79 Å². The van der Waals surface area contributed by atoms with Gasteiger partial charge in [-0.1, -0.05) is 49.6 Å². The Labute approximate surface area is 191 Å². The van der Waals surface area contributed by atoms with Crippen molar-refractivity contribution >= 4 is 16.8 Å². The van der Waals surface area contributed by atoms with Gasteiger partial charge in [-0.3, -0.25) is 4.79 Å². The van der Waals surface area contributed by atoms with Crippen molar-refractivity contribution in [1.29, 1.82) is 0 Å². The number of hydrogen-bond donors (Lipinski definition) is 2. The number of carbonyl (C=O) groups is 1. The molecule has 1 saturated carbocycles. The molecule has 0 spiro atoms. The lowest BCUT2D eigenvalue weighted by atomic mass is 9.90. The van der Waals surface area contributed by atoms with Crippen LogP contribution in [-0.4, -0.2) is 48.6 Å². The monoisotopic (exact) mass is 434 g/mol. The molecule has 1 aliphatic rings. The van der Waals surface area contributed by atoms with Crippen molar-refractivity contribution in [1.82, 2.24) is 9.88 Å². The molecule has 0 unspecified atom stereocenters. The van der Waals surface area contributed by atoms with Crippen molar-refractivity contribution < 1.29 is 14.8 Å². The molecule has 2 atom stereocenters. The van der Waals surface area contributed by atoms with E-state index < -0.39 is 0 Å². The summed E-state index contributed by atoms with van der Waals surface area (Å²) in [7, 11) is 3.68. The number of fused-ring (bicyclic) bond motifs is 1. The molecule has 0 bridgehead atoms. The van der Waals surface area contributed by atoms with Crippen molar-refractivity contribution in [2.75, 3.05) is 20.7 Å². The molecule has 3 aromatic rings. The lowest BCUT2D eigenvalue weighted by Crippen LogP contribution is -2.92. The van der Waals surface area contributed by atoms with Gasteiger partial charge in [-0.05, 0) is 49.1 Å². The van der Waals surface area contributed by atoms with Gasteiger partial charge in [-0.15, -0.1) is 0 Å². The van der Waals surface area contributed by atoms with Crippen LogP contribution in [0, 0.1) is 0 Å². The van der Waals surface area contributed by atoms with Gasteiger partial charge in [0.05, 0.1) is 19.6 Å². The third-order valence-electron chi connectivity index (χ3n) is 7.10.